The fourth-order valence-corrected chi connectivity index (χ4v) is 2.97. The third-order valence-corrected chi connectivity index (χ3v) is 4.29. The van der Waals surface area contributed by atoms with E-state index in [9.17, 15) is 4.79 Å². The average molecular weight is 304 g/mol. The Morgan fingerprint density at radius 2 is 2.18 bits per heavy atom. The summed E-state index contributed by atoms with van der Waals surface area (Å²) in [6.45, 7) is 3.21. The zero-order chi connectivity index (χ0) is 15.8. The molecule has 1 heterocycles. The van der Waals surface area contributed by atoms with Gasteiger partial charge in [-0.15, -0.1) is 0 Å². The molecule has 122 valence electrons. The van der Waals surface area contributed by atoms with Crippen molar-refractivity contribution in [3.05, 3.63) is 29.8 Å². The molecule has 0 aromatic heterocycles. The maximum Gasteiger partial charge on any atom is 0.222 e. The van der Waals surface area contributed by atoms with Crippen LogP contribution in [0.5, 0.6) is 5.75 Å². The van der Waals surface area contributed by atoms with Gasteiger partial charge in [0.1, 0.15) is 5.75 Å². The molecule has 0 spiro atoms. The van der Waals surface area contributed by atoms with Gasteiger partial charge < -0.3 is 15.4 Å². The molecular formula is C18H28N2O2. The minimum Gasteiger partial charge on any atom is -0.497 e. The lowest BCUT2D eigenvalue weighted by molar-refractivity contribution is -0.122. The first kappa shape index (κ1) is 16.8. The summed E-state index contributed by atoms with van der Waals surface area (Å²) in [5.74, 6) is 0.996. The van der Waals surface area contributed by atoms with Crippen molar-refractivity contribution in [3.63, 3.8) is 0 Å². The first-order valence-electron chi connectivity index (χ1n) is 8.39. The van der Waals surface area contributed by atoms with E-state index in [0.29, 0.717) is 12.5 Å². The van der Waals surface area contributed by atoms with Crippen molar-refractivity contribution in [2.75, 3.05) is 13.7 Å². The molecule has 1 aliphatic heterocycles. The summed E-state index contributed by atoms with van der Waals surface area (Å²) < 4.78 is 5.20. The van der Waals surface area contributed by atoms with Gasteiger partial charge in [0.25, 0.3) is 0 Å². The van der Waals surface area contributed by atoms with Gasteiger partial charge in [0.15, 0.2) is 0 Å². The van der Waals surface area contributed by atoms with Gasteiger partial charge in [0.2, 0.25) is 5.91 Å². The van der Waals surface area contributed by atoms with Gasteiger partial charge >= 0.3 is 0 Å². The first-order valence-corrected chi connectivity index (χ1v) is 8.39. The van der Waals surface area contributed by atoms with Crippen LogP contribution in [0.3, 0.4) is 0 Å². The quantitative estimate of drug-likeness (QED) is 0.775. The summed E-state index contributed by atoms with van der Waals surface area (Å²) in [4.78, 5) is 12.3. The maximum atomic E-state index is 12.3. The van der Waals surface area contributed by atoms with Gasteiger partial charge in [-0.1, -0.05) is 31.9 Å². The Morgan fingerprint density at radius 3 is 2.77 bits per heavy atom. The van der Waals surface area contributed by atoms with E-state index in [1.54, 1.807) is 7.11 Å². The highest BCUT2D eigenvalue weighted by atomic mass is 16.5. The number of hydrogen-bond acceptors (Lipinski definition) is 3. The first-order chi connectivity index (χ1) is 10.7. The molecule has 1 aromatic rings. The normalized spacial score (nSPS) is 18.9. The molecule has 1 saturated heterocycles. The third-order valence-electron chi connectivity index (χ3n) is 4.29. The predicted octanol–water partition coefficient (Wildman–Crippen LogP) is 3.18. The SMILES string of the molecule is CCCCC(NC(=O)CC1CCCN1)c1ccc(OC)cc1. The highest BCUT2D eigenvalue weighted by molar-refractivity contribution is 5.77. The number of nitrogens with one attached hydrogen (secondary N) is 2. The Labute approximate surface area is 133 Å². The molecule has 2 rings (SSSR count). The molecule has 0 bridgehead atoms. The zero-order valence-corrected chi connectivity index (χ0v) is 13.7. The highest BCUT2D eigenvalue weighted by Gasteiger charge is 2.20. The van der Waals surface area contributed by atoms with Crippen molar-refractivity contribution in [2.24, 2.45) is 0 Å². The third kappa shape index (κ3) is 5.02. The van der Waals surface area contributed by atoms with E-state index in [4.69, 9.17) is 4.74 Å². The number of unbranched alkanes of at least 4 members (excludes halogenated alkanes) is 1. The molecule has 1 fully saturated rings. The molecule has 2 N–H and O–H groups in total. The average Bonchev–Trinajstić information content (AvgIpc) is 3.04. The van der Waals surface area contributed by atoms with E-state index in [1.807, 2.05) is 24.3 Å². The topological polar surface area (TPSA) is 50.4 Å². The van der Waals surface area contributed by atoms with Crippen LogP contribution in [0.4, 0.5) is 0 Å². The summed E-state index contributed by atoms with van der Waals surface area (Å²) in [5.41, 5.74) is 1.15. The van der Waals surface area contributed by atoms with Gasteiger partial charge in [-0.25, -0.2) is 0 Å². The van der Waals surface area contributed by atoms with Crippen LogP contribution in [0.25, 0.3) is 0 Å². The fourth-order valence-electron chi connectivity index (χ4n) is 2.97. The summed E-state index contributed by atoms with van der Waals surface area (Å²) in [6, 6.07) is 8.46. The van der Waals surface area contributed by atoms with E-state index in [2.05, 4.69) is 17.6 Å². The second-order valence-corrected chi connectivity index (χ2v) is 6.03. The second-order valence-electron chi connectivity index (χ2n) is 6.03. The fraction of sp³-hybridized carbons (Fsp3) is 0.611. The molecule has 2 unspecified atom stereocenters. The van der Waals surface area contributed by atoms with E-state index >= 15 is 0 Å². The minimum atomic E-state index is 0.0970. The number of carbonyl (C=O) groups is 1. The molecule has 1 aromatic carbocycles. The van der Waals surface area contributed by atoms with Crippen molar-refractivity contribution in [3.8, 4) is 5.75 Å². The lowest BCUT2D eigenvalue weighted by Crippen LogP contribution is -2.34. The lowest BCUT2D eigenvalue weighted by atomic mass is 10.0. The van der Waals surface area contributed by atoms with E-state index in [0.717, 1.165) is 43.5 Å². The van der Waals surface area contributed by atoms with Crippen LogP contribution in [-0.4, -0.2) is 25.6 Å². The van der Waals surface area contributed by atoms with Crippen molar-refractivity contribution < 1.29 is 9.53 Å². The molecular weight excluding hydrogens is 276 g/mol. The summed E-state index contributed by atoms with van der Waals surface area (Å²) >= 11 is 0. The molecule has 4 heteroatoms. The predicted molar refractivity (Wildman–Crippen MR) is 89.0 cm³/mol. The standard InChI is InChI=1S/C18H28N2O2/c1-3-4-7-17(14-8-10-16(22-2)11-9-14)20-18(21)13-15-6-5-12-19-15/h8-11,15,17,19H,3-7,12-13H2,1-2H3,(H,20,21). The van der Waals surface area contributed by atoms with Crippen LogP contribution in [0.15, 0.2) is 24.3 Å². The van der Waals surface area contributed by atoms with Gasteiger partial charge in [-0.2, -0.15) is 0 Å². The van der Waals surface area contributed by atoms with Crippen molar-refractivity contribution in [1.29, 1.82) is 0 Å². The van der Waals surface area contributed by atoms with Crippen LogP contribution in [0.2, 0.25) is 0 Å². The lowest BCUT2D eigenvalue weighted by Gasteiger charge is -2.20. The summed E-state index contributed by atoms with van der Waals surface area (Å²) in [6.07, 6.45) is 6.09. The number of methoxy groups -OCH3 is 1. The number of amides is 1. The van der Waals surface area contributed by atoms with Crippen LogP contribution < -0.4 is 15.4 Å². The summed E-state index contributed by atoms with van der Waals surface area (Å²) in [5, 5.41) is 6.59. The van der Waals surface area contributed by atoms with Crippen LogP contribution in [-0.2, 0) is 4.79 Å². The smallest absolute Gasteiger partial charge is 0.222 e. The molecule has 1 aliphatic rings. The monoisotopic (exact) mass is 304 g/mol. The number of rotatable bonds is 8. The van der Waals surface area contributed by atoms with Gasteiger partial charge in [-0.3, -0.25) is 4.79 Å². The van der Waals surface area contributed by atoms with Crippen molar-refractivity contribution >= 4 is 5.91 Å². The van der Waals surface area contributed by atoms with Gasteiger partial charge in [-0.05, 0) is 43.5 Å². The molecule has 2 atom stereocenters. The highest BCUT2D eigenvalue weighted by Crippen LogP contribution is 2.22. The maximum absolute atomic E-state index is 12.3. The molecule has 0 radical (unpaired) electrons. The van der Waals surface area contributed by atoms with Gasteiger partial charge in [0, 0.05) is 12.5 Å². The summed E-state index contributed by atoms with van der Waals surface area (Å²) in [7, 11) is 1.67. The number of ether oxygens (including phenoxy) is 1. The van der Waals surface area contributed by atoms with Crippen molar-refractivity contribution in [1.82, 2.24) is 10.6 Å². The molecule has 4 nitrogen and oxygen atoms in total. The van der Waals surface area contributed by atoms with Crippen LogP contribution in [0, 0.1) is 0 Å². The van der Waals surface area contributed by atoms with Gasteiger partial charge in [0.05, 0.1) is 13.2 Å². The molecule has 0 saturated carbocycles. The molecule has 22 heavy (non-hydrogen) atoms. The van der Waals surface area contributed by atoms with Crippen LogP contribution in [0.1, 0.15) is 57.1 Å². The van der Waals surface area contributed by atoms with E-state index in [1.165, 1.54) is 6.42 Å². The Hall–Kier alpha value is -1.55. The molecule has 0 aliphatic carbocycles. The Kier molecular flexibility index (Phi) is 6.72. The second kappa shape index (κ2) is 8.79. The Morgan fingerprint density at radius 1 is 1.41 bits per heavy atom. The largest absolute Gasteiger partial charge is 0.497 e. The Bertz CT molecular complexity index is 453. The number of carbonyl (C=O) groups excluding carboxylic acids is 1. The number of benzene rings is 1. The van der Waals surface area contributed by atoms with Crippen LogP contribution >= 0.6 is 0 Å². The zero-order valence-electron chi connectivity index (χ0n) is 13.7. The van der Waals surface area contributed by atoms with E-state index < -0.39 is 0 Å². The minimum absolute atomic E-state index is 0.0970. The Balaban J connectivity index is 1.96. The van der Waals surface area contributed by atoms with E-state index in [-0.39, 0.29) is 11.9 Å². The molecule has 1 amide bonds. The number of hydrogen-bond donors (Lipinski definition) is 2. The van der Waals surface area contributed by atoms with Crippen molar-refractivity contribution in [2.45, 2.75) is 57.5 Å².